The standard InChI is InChI=1S/C12H17N5O2S/c1-8-11(9(2)17-16-8)7-15-12-5-4-10(6-14-12)20(18,19)13-3/h4-6,13H,7H2,1-3H3,(H,14,15)(H,16,17). The first-order valence-corrected chi connectivity index (χ1v) is 7.56. The van der Waals surface area contributed by atoms with Crippen molar-refractivity contribution in [3.63, 3.8) is 0 Å². The van der Waals surface area contributed by atoms with E-state index in [1.165, 1.54) is 19.3 Å². The van der Waals surface area contributed by atoms with Crippen LogP contribution in [-0.4, -0.2) is 30.6 Å². The van der Waals surface area contributed by atoms with Gasteiger partial charge in [0.05, 0.1) is 5.69 Å². The molecule has 8 heteroatoms. The monoisotopic (exact) mass is 295 g/mol. The number of pyridine rings is 1. The molecule has 0 aromatic carbocycles. The number of sulfonamides is 1. The topological polar surface area (TPSA) is 99.8 Å². The van der Waals surface area contributed by atoms with Crippen molar-refractivity contribution < 1.29 is 8.42 Å². The van der Waals surface area contributed by atoms with Gasteiger partial charge in [-0.2, -0.15) is 5.10 Å². The van der Waals surface area contributed by atoms with Crippen molar-refractivity contribution in [3.05, 3.63) is 35.3 Å². The minimum atomic E-state index is -3.44. The van der Waals surface area contributed by atoms with Gasteiger partial charge in [0.25, 0.3) is 0 Å². The van der Waals surface area contributed by atoms with Crippen LogP contribution in [0.15, 0.2) is 23.2 Å². The Morgan fingerprint density at radius 3 is 2.55 bits per heavy atom. The number of hydrogen-bond donors (Lipinski definition) is 3. The molecule has 0 saturated carbocycles. The number of H-pyrrole nitrogens is 1. The van der Waals surface area contributed by atoms with Gasteiger partial charge in [-0.05, 0) is 33.0 Å². The van der Waals surface area contributed by atoms with E-state index >= 15 is 0 Å². The van der Waals surface area contributed by atoms with Crippen molar-refractivity contribution in [2.24, 2.45) is 0 Å². The van der Waals surface area contributed by atoms with E-state index in [-0.39, 0.29) is 4.90 Å². The second-order valence-corrected chi connectivity index (χ2v) is 6.24. The molecule has 7 nitrogen and oxygen atoms in total. The lowest BCUT2D eigenvalue weighted by atomic mass is 10.2. The fourth-order valence-corrected chi connectivity index (χ4v) is 2.45. The molecule has 2 aromatic rings. The summed E-state index contributed by atoms with van der Waals surface area (Å²) in [6, 6.07) is 3.14. The maximum atomic E-state index is 11.6. The number of hydrogen-bond acceptors (Lipinski definition) is 5. The number of nitrogens with zero attached hydrogens (tertiary/aromatic N) is 2. The Morgan fingerprint density at radius 1 is 1.30 bits per heavy atom. The van der Waals surface area contributed by atoms with Gasteiger partial charge in [-0.25, -0.2) is 18.1 Å². The van der Waals surface area contributed by atoms with Crippen molar-refractivity contribution in [2.75, 3.05) is 12.4 Å². The van der Waals surface area contributed by atoms with Gasteiger partial charge in [0.2, 0.25) is 10.0 Å². The first-order chi connectivity index (χ1) is 9.44. The molecule has 0 atom stereocenters. The summed E-state index contributed by atoms with van der Waals surface area (Å²) in [5.74, 6) is 0.611. The van der Waals surface area contributed by atoms with Gasteiger partial charge < -0.3 is 5.32 Å². The van der Waals surface area contributed by atoms with Crippen LogP contribution in [0, 0.1) is 13.8 Å². The van der Waals surface area contributed by atoms with Gasteiger partial charge >= 0.3 is 0 Å². The second-order valence-electron chi connectivity index (χ2n) is 4.35. The minimum absolute atomic E-state index is 0.140. The van der Waals surface area contributed by atoms with E-state index in [1.807, 2.05) is 13.8 Å². The summed E-state index contributed by atoms with van der Waals surface area (Å²) in [6.45, 7) is 4.46. The molecule has 0 spiro atoms. The van der Waals surface area contributed by atoms with Gasteiger partial charge in [0.1, 0.15) is 10.7 Å². The van der Waals surface area contributed by atoms with Crippen molar-refractivity contribution in [1.82, 2.24) is 19.9 Å². The summed E-state index contributed by atoms with van der Waals surface area (Å²) in [4.78, 5) is 4.23. The van der Waals surface area contributed by atoms with Crippen LogP contribution < -0.4 is 10.0 Å². The Morgan fingerprint density at radius 2 is 2.05 bits per heavy atom. The molecule has 0 unspecified atom stereocenters. The molecule has 0 bridgehead atoms. The Balaban J connectivity index is 2.09. The van der Waals surface area contributed by atoms with Crippen LogP contribution in [0.2, 0.25) is 0 Å². The molecule has 0 aliphatic rings. The fourth-order valence-electron chi connectivity index (χ4n) is 1.78. The molecule has 20 heavy (non-hydrogen) atoms. The third-order valence-corrected chi connectivity index (χ3v) is 4.44. The summed E-state index contributed by atoms with van der Waals surface area (Å²) in [5.41, 5.74) is 3.02. The minimum Gasteiger partial charge on any atom is -0.366 e. The average molecular weight is 295 g/mol. The molecule has 108 valence electrons. The van der Waals surface area contributed by atoms with E-state index in [9.17, 15) is 8.42 Å². The average Bonchev–Trinajstić information content (AvgIpc) is 2.76. The van der Waals surface area contributed by atoms with E-state index in [0.29, 0.717) is 12.4 Å². The molecule has 0 saturated heterocycles. The molecule has 2 rings (SSSR count). The summed E-state index contributed by atoms with van der Waals surface area (Å²) < 4.78 is 25.4. The zero-order valence-electron chi connectivity index (χ0n) is 11.6. The van der Waals surface area contributed by atoms with Gasteiger partial charge in [0.15, 0.2) is 0 Å². The van der Waals surface area contributed by atoms with E-state index < -0.39 is 10.0 Å². The third kappa shape index (κ3) is 2.97. The lowest BCUT2D eigenvalue weighted by Crippen LogP contribution is -2.18. The molecule has 2 aromatic heterocycles. The quantitative estimate of drug-likeness (QED) is 0.762. The van der Waals surface area contributed by atoms with Gasteiger partial charge in [0, 0.05) is 24.0 Å². The predicted octanol–water partition coefficient (Wildman–Crippen LogP) is 0.942. The lowest BCUT2D eigenvalue weighted by Gasteiger charge is -2.07. The van der Waals surface area contributed by atoms with Crippen molar-refractivity contribution in [2.45, 2.75) is 25.3 Å². The molecular formula is C12H17N5O2S. The normalized spacial score (nSPS) is 11.6. The molecule has 0 radical (unpaired) electrons. The van der Waals surface area contributed by atoms with E-state index in [2.05, 4.69) is 25.2 Å². The van der Waals surface area contributed by atoms with Crippen LogP contribution in [0.3, 0.4) is 0 Å². The van der Waals surface area contributed by atoms with Gasteiger partial charge in [-0.1, -0.05) is 0 Å². The highest BCUT2D eigenvalue weighted by molar-refractivity contribution is 7.89. The van der Waals surface area contributed by atoms with Crippen molar-refractivity contribution in [1.29, 1.82) is 0 Å². The van der Waals surface area contributed by atoms with Crippen LogP contribution in [0.4, 0.5) is 5.82 Å². The zero-order valence-corrected chi connectivity index (χ0v) is 12.4. The summed E-state index contributed by atoms with van der Waals surface area (Å²) in [7, 11) is -2.07. The Hall–Kier alpha value is -1.93. The molecule has 0 aliphatic heterocycles. The predicted molar refractivity (Wildman–Crippen MR) is 75.9 cm³/mol. The number of anilines is 1. The molecule has 3 N–H and O–H groups in total. The first kappa shape index (κ1) is 14.5. The smallest absolute Gasteiger partial charge is 0.241 e. The number of aryl methyl sites for hydroxylation is 2. The van der Waals surface area contributed by atoms with E-state index in [0.717, 1.165) is 17.0 Å². The maximum Gasteiger partial charge on any atom is 0.241 e. The largest absolute Gasteiger partial charge is 0.366 e. The van der Waals surface area contributed by atoms with Crippen LogP contribution in [0.25, 0.3) is 0 Å². The van der Waals surface area contributed by atoms with Crippen molar-refractivity contribution >= 4 is 15.8 Å². The second kappa shape index (κ2) is 5.59. The third-order valence-electron chi connectivity index (χ3n) is 3.04. The Labute approximate surface area is 117 Å². The van der Waals surface area contributed by atoms with Crippen LogP contribution in [0.5, 0.6) is 0 Å². The van der Waals surface area contributed by atoms with E-state index in [4.69, 9.17) is 0 Å². The van der Waals surface area contributed by atoms with Crippen LogP contribution in [0.1, 0.15) is 17.0 Å². The zero-order chi connectivity index (χ0) is 14.8. The fraction of sp³-hybridized carbons (Fsp3) is 0.333. The summed E-state index contributed by atoms with van der Waals surface area (Å²) in [6.07, 6.45) is 1.32. The SMILES string of the molecule is CNS(=O)(=O)c1ccc(NCc2c(C)n[nH]c2C)nc1. The Kier molecular flexibility index (Phi) is 4.05. The highest BCUT2D eigenvalue weighted by Crippen LogP contribution is 2.14. The summed E-state index contributed by atoms with van der Waals surface area (Å²) in [5, 5.41) is 10.2. The Bertz CT molecular complexity index is 672. The molecule has 0 fully saturated rings. The molecule has 0 aliphatic carbocycles. The van der Waals surface area contributed by atoms with Gasteiger partial charge in [-0.15, -0.1) is 0 Å². The maximum absolute atomic E-state index is 11.6. The molecular weight excluding hydrogens is 278 g/mol. The first-order valence-electron chi connectivity index (χ1n) is 6.08. The number of nitrogens with one attached hydrogen (secondary N) is 3. The molecule has 0 amide bonds. The highest BCUT2D eigenvalue weighted by Gasteiger charge is 2.11. The van der Waals surface area contributed by atoms with Gasteiger partial charge in [-0.3, -0.25) is 5.10 Å². The number of rotatable bonds is 5. The highest BCUT2D eigenvalue weighted by atomic mass is 32.2. The summed E-state index contributed by atoms with van der Waals surface area (Å²) >= 11 is 0. The van der Waals surface area contributed by atoms with Crippen LogP contribution in [-0.2, 0) is 16.6 Å². The number of aromatic amines is 1. The molecule has 2 heterocycles. The lowest BCUT2D eigenvalue weighted by molar-refractivity contribution is 0.588. The van der Waals surface area contributed by atoms with Crippen molar-refractivity contribution in [3.8, 4) is 0 Å². The van der Waals surface area contributed by atoms with Crippen LogP contribution >= 0.6 is 0 Å². The number of aromatic nitrogens is 3. The van der Waals surface area contributed by atoms with E-state index in [1.54, 1.807) is 6.07 Å².